The summed E-state index contributed by atoms with van der Waals surface area (Å²) >= 11 is 0. The van der Waals surface area contributed by atoms with Crippen molar-refractivity contribution in [3.05, 3.63) is 48.5 Å². The molecule has 3 aliphatic rings. The van der Waals surface area contributed by atoms with Crippen LogP contribution in [-0.4, -0.2) is 49.8 Å². The molecule has 0 bridgehead atoms. The molecule has 0 spiro atoms. The Morgan fingerprint density at radius 1 is 0.966 bits per heavy atom. The van der Waals surface area contributed by atoms with E-state index in [1.165, 1.54) is 0 Å². The van der Waals surface area contributed by atoms with Crippen LogP contribution in [0.25, 0.3) is 11.1 Å². The molecule has 5 rings (SSSR count). The van der Waals surface area contributed by atoms with Crippen molar-refractivity contribution in [2.24, 2.45) is 11.8 Å². The number of amides is 1. The minimum Gasteiger partial charge on any atom is -0.491 e. The minimum atomic E-state index is 0.0948. The van der Waals surface area contributed by atoms with E-state index in [4.69, 9.17) is 9.47 Å². The van der Waals surface area contributed by atoms with Crippen LogP contribution in [0.2, 0.25) is 0 Å². The number of nitrogens with one attached hydrogen (secondary N) is 1. The Morgan fingerprint density at radius 2 is 1.83 bits per heavy atom. The first-order valence-electron chi connectivity index (χ1n) is 10.7. The van der Waals surface area contributed by atoms with Crippen molar-refractivity contribution >= 4 is 11.6 Å². The third-order valence-electron chi connectivity index (χ3n) is 6.61. The Morgan fingerprint density at radius 3 is 2.62 bits per heavy atom. The zero-order valence-electron chi connectivity index (χ0n) is 16.7. The second kappa shape index (κ2) is 8.17. The standard InChI is InChI=1S/C24H28N2O3/c27-24-13-19-8-10-26(21-15-28-16-21)14-20(19)9-11-29-23-7-6-18(12-22(23)25-24)17-4-2-1-3-5-17/h1-7,12,19-21H,8-11,13-16H2,(H,25,27)/t19-,20-/m0/s1. The molecule has 0 saturated carbocycles. The van der Waals surface area contributed by atoms with Crippen molar-refractivity contribution in [3.63, 3.8) is 0 Å². The van der Waals surface area contributed by atoms with E-state index in [9.17, 15) is 4.79 Å². The predicted molar refractivity (Wildman–Crippen MR) is 113 cm³/mol. The van der Waals surface area contributed by atoms with Crippen LogP contribution < -0.4 is 10.1 Å². The zero-order valence-corrected chi connectivity index (χ0v) is 16.7. The van der Waals surface area contributed by atoms with Crippen LogP contribution in [0.15, 0.2) is 48.5 Å². The van der Waals surface area contributed by atoms with Gasteiger partial charge in [0.15, 0.2) is 0 Å². The maximum absolute atomic E-state index is 12.8. The van der Waals surface area contributed by atoms with Crippen molar-refractivity contribution in [3.8, 4) is 16.9 Å². The van der Waals surface area contributed by atoms with E-state index in [0.717, 1.165) is 61.7 Å². The van der Waals surface area contributed by atoms with Gasteiger partial charge in [0, 0.05) is 13.0 Å². The Labute approximate surface area is 172 Å². The lowest BCUT2D eigenvalue weighted by Gasteiger charge is -2.45. The van der Waals surface area contributed by atoms with Gasteiger partial charge in [-0.05, 0) is 54.5 Å². The van der Waals surface area contributed by atoms with Crippen molar-refractivity contribution in [1.29, 1.82) is 0 Å². The predicted octanol–water partition coefficient (Wildman–Crippen LogP) is 3.80. The number of likely N-dealkylation sites (tertiary alicyclic amines) is 1. The molecule has 152 valence electrons. The smallest absolute Gasteiger partial charge is 0.224 e. The number of anilines is 1. The van der Waals surface area contributed by atoms with Gasteiger partial charge in [0.25, 0.3) is 0 Å². The third kappa shape index (κ3) is 4.02. The molecular weight excluding hydrogens is 364 g/mol. The molecule has 0 aliphatic carbocycles. The van der Waals surface area contributed by atoms with Gasteiger partial charge in [-0.25, -0.2) is 0 Å². The summed E-state index contributed by atoms with van der Waals surface area (Å²) in [5.41, 5.74) is 2.99. The number of nitrogens with zero attached hydrogens (tertiary/aromatic N) is 1. The largest absolute Gasteiger partial charge is 0.491 e. The van der Waals surface area contributed by atoms with Gasteiger partial charge >= 0.3 is 0 Å². The molecule has 2 saturated heterocycles. The molecule has 2 aromatic carbocycles. The van der Waals surface area contributed by atoms with Crippen molar-refractivity contribution < 1.29 is 14.3 Å². The van der Waals surface area contributed by atoms with Crippen LogP contribution in [0.4, 0.5) is 5.69 Å². The fourth-order valence-corrected chi connectivity index (χ4v) is 4.79. The molecule has 1 N–H and O–H groups in total. The lowest BCUT2D eigenvalue weighted by molar-refractivity contribution is -0.119. The highest BCUT2D eigenvalue weighted by Crippen LogP contribution is 2.35. The van der Waals surface area contributed by atoms with Crippen LogP contribution in [-0.2, 0) is 9.53 Å². The van der Waals surface area contributed by atoms with E-state index in [1.54, 1.807) is 0 Å². The molecule has 3 aliphatic heterocycles. The molecule has 3 heterocycles. The molecule has 5 heteroatoms. The summed E-state index contributed by atoms with van der Waals surface area (Å²) in [5.74, 6) is 1.78. The zero-order chi connectivity index (χ0) is 19.6. The first-order chi connectivity index (χ1) is 14.3. The summed E-state index contributed by atoms with van der Waals surface area (Å²) < 4.78 is 11.5. The SMILES string of the molecule is O=C1C[C@@H]2CCN(C3COC3)C[C@@H]2CCOc2ccc(-c3ccccc3)cc2N1. The average molecular weight is 392 g/mol. The summed E-state index contributed by atoms with van der Waals surface area (Å²) in [4.78, 5) is 15.4. The van der Waals surface area contributed by atoms with Crippen LogP contribution >= 0.6 is 0 Å². The number of fused-ring (bicyclic) bond motifs is 2. The normalized spacial score (nSPS) is 25.7. The number of carbonyl (C=O) groups is 1. The second-order valence-electron chi connectivity index (χ2n) is 8.46. The van der Waals surface area contributed by atoms with E-state index in [0.29, 0.717) is 30.9 Å². The number of carbonyl (C=O) groups excluding carboxylic acids is 1. The average Bonchev–Trinajstić information content (AvgIpc) is 2.70. The second-order valence-corrected chi connectivity index (χ2v) is 8.46. The van der Waals surface area contributed by atoms with E-state index in [2.05, 4.69) is 28.4 Å². The molecule has 0 radical (unpaired) electrons. The molecule has 2 atom stereocenters. The third-order valence-corrected chi connectivity index (χ3v) is 6.61. The van der Waals surface area contributed by atoms with E-state index in [1.807, 2.05) is 30.3 Å². The molecule has 0 aromatic heterocycles. The van der Waals surface area contributed by atoms with E-state index in [-0.39, 0.29) is 5.91 Å². The molecular formula is C24H28N2O3. The number of hydrogen-bond donors (Lipinski definition) is 1. The number of piperidine rings is 1. The fraction of sp³-hybridized carbons (Fsp3) is 0.458. The van der Waals surface area contributed by atoms with Gasteiger partial charge in [-0.2, -0.15) is 0 Å². The molecule has 1 amide bonds. The lowest BCUT2D eigenvalue weighted by atomic mass is 9.80. The summed E-state index contributed by atoms with van der Waals surface area (Å²) in [6.07, 6.45) is 2.65. The van der Waals surface area contributed by atoms with Crippen LogP contribution in [0, 0.1) is 11.8 Å². The summed E-state index contributed by atoms with van der Waals surface area (Å²) in [7, 11) is 0. The number of benzene rings is 2. The van der Waals surface area contributed by atoms with Gasteiger partial charge < -0.3 is 14.8 Å². The highest BCUT2D eigenvalue weighted by Gasteiger charge is 2.36. The maximum Gasteiger partial charge on any atom is 0.224 e. The monoisotopic (exact) mass is 392 g/mol. The number of hydrogen-bond acceptors (Lipinski definition) is 4. The van der Waals surface area contributed by atoms with Crippen LogP contribution in [0.1, 0.15) is 19.3 Å². The Kier molecular flexibility index (Phi) is 5.25. The van der Waals surface area contributed by atoms with Gasteiger partial charge in [0.05, 0.1) is 31.5 Å². The molecule has 2 fully saturated rings. The lowest BCUT2D eigenvalue weighted by Crippen LogP contribution is -2.54. The first kappa shape index (κ1) is 18.6. The minimum absolute atomic E-state index is 0.0948. The van der Waals surface area contributed by atoms with E-state index >= 15 is 0 Å². The fourth-order valence-electron chi connectivity index (χ4n) is 4.79. The number of rotatable bonds is 2. The molecule has 29 heavy (non-hydrogen) atoms. The van der Waals surface area contributed by atoms with Crippen molar-refractivity contribution in [1.82, 2.24) is 4.90 Å². The summed E-state index contributed by atoms with van der Waals surface area (Å²) in [6.45, 7) is 4.51. The quantitative estimate of drug-likeness (QED) is 0.845. The highest BCUT2D eigenvalue weighted by molar-refractivity contribution is 5.93. The summed E-state index contributed by atoms with van der Waals surface area (Å²) in [5, 5.41) is 3.13. The van der Waals surface area contributed by atoms with Crippen LogP contribution in [0.3, 0.4) is 0 Å². The van der Waals surface area contributed by atoms with E-state index < -0.39 is 0 Å². The molecule has 5 nitrogen and oxygen atoms in total. The Bertz CT molecular complexity index is 866. The maximum atomic E-state index is 12.8. The van der Waals surface area contributed by atoms with Gasteiger partial charge in [-0.3, -0.25) is 9.69 Å². The van der Waals surface area contributed by atoms with Crippen molar-refractivity contribution in [2.45, 2.75) is 25.3 Å². The Hall–Kier alpha value is -2.37. The van der Waals surface area contributed by atoms with Gasteiger partial charge in [-0.15, -0.1) is 0 Å². The van der Waals surface area contributed by atoms with Crippen molar-refractivity contribution in [2.75, 3.05) is 38.2 Å². The highest BCUT2D eigenvalue weighted by atomic mass is 16.5. The first-order valence-corrected chi connectivity index (χ1v) is 10.7. The van der Waals surface area contributed by atoms with Gasteiger partial charge in [0.2, 0.25) is 5.91 Å². The van der Waals surface area contributed by atoms with Gasteiger partial charge in [0.1, 0.15) is 5.75 Å². The number of ether oxygens (including phenoxy) is 2. The topological polar surface area (TPSA) is 50.8 Å². The molecule has 2 aromatic rings. The Balaban J connectivity index is 1.34. The molecule has 0 unspecified atom stereocenters. The van der Waals surface area contributed by atoms with Gasteiger partial charge in [-0.1, -0.05) is 36.4 Å². The van der Waals surface area contributed by atoms with Crippen LogP contribution in [0.5, 0.6) is 5.75 Å². The summed E-state index contributed by atoms with van der Waals surface area (Å²) in [6, 6.07) is 16.9.